The quantitative estimate of drug-likeness (QED) is 0.495. The summed E-state index contributed by atoms with van der Waals surface area (Å²) in [5.74, 6) is 0.521. The number of rotatable bonds is 6. The third-order valence-corrected chi connectivity index (χ3v) is 5.10. The van der Waals surface area contributed by atoms with Crippen molar-refractivity contribution >= 4 is 17.3 Å². The third kappa shape index (κ3) is 4.39. The van der Waals surface area contributed by atoms with Crippen LogP contribution in [0, 0.1) is 0 Å². The lowest BCUT2D eigenvalue weighted by Crippen LogP contribution is -2.28. The maximum absolute atomic E-state index is 13.9. The SMILES string of the molecule is CC(C)(C)c1cccc(C(=O)N(c2ccccc2)c2ccccc2)c1OCC1CO1. The number of benzene rings is 3. The van der Waals surface area contributed by atoms with Crippen LogP contribution in [0.5, 0.6) is 5.75 Å². The normalized spacial score (nSPS) is 15.5. The molecule has 4 rings (SSSR count). The molecule has 0 saturated carbocycles. The average molecular weight is 402 g/mol. The first-order valence-electron chi connectivity index (χ1n) is 10.3. The number of ether oxygens (including phenoxy) is 2. The summed E-state index contributed by atoms with van der Waals surface area (Å²) in [4.78, 5) is 15.7. The van der Waals surface area contributed by atoms with E-state index in [9.17, 15) is 4.79 Å². The van der Waals surface area contributed by atoms with E-state index in [4.69, 9.17) is 9.47 Å². The predicted molar refractivity (Wildman–Crippen MR) is 120 cm³/mol. The number of hydrogen-bond donors (Lipinski definition) is 0. The van der Waals surface area contributed by atoms with Gasteiger partial charge in [-0.2, -0.15) is 0 Å². The van der Waals surface area contributed by atoms with Crippen molar-refractivity contribution in [2.75, 3.05) is 18.1 Å². The largest absolute Gasteiger partial charge is 0.490 e. The van der Waals surface area contributed by atoms with E-state index in [0.717, 1.165) is 16.9 Å². The van der Waals surface area contributed by atoms with Crippen LogP contribution in [0.3, 0.4) is 0 Å². The Hall–Kier alpha value is -3.11. The van der Waals surface area contributed by atoms with E-state index in [-0.39, 0.29) is 17.4 Å². The number of hydrogen-bond acceptors (Lipinski definition) is 3. The molecule has 30 heavy (non-hydrogen) atoms. The fraction of sp³-hybridized carbons (Fsp3) is 0.269. The molecule has 0 aliphatic carbocycles. The molecule has 4 heteroatoms. The summed E-state index contributed by atoms with van der Waals surface area (Å²) in [6, 6.07) is 25.2. The van der Waals surface area contributed by atoms with Crippen LogP contribution in [0.25, 0.3) is 0 Å². The fourth-order valence-electron chi connectivity index (χ4n) is 3.45. The highest BCUT2D eigenvalue weighted by Gasteiger charge is 2.30. The maximum Gasteiger partial charge on any atom is 0.266 e. The van der Waals surface area contributed by atoms with Crippen LogP contribution >= 0.6 is 0 Å². The number of carbonyl (C=O) groups is 1. The summed E-state index contributed by atoms with van der Waals surface area (Å²) < 4.78 is 11.5. The molecule has 0 aromatic heterocycles. The molecule has 1 atom stereocenters. The van der Waals surface area contributed by atoms with E-state index >= 15 is 0 Å². The van der Waals surface area contributed by atoms with Crippen LogP contribution in [0.2, 0.25) is 0 Å². The monoisotopic (exact) mass is 401 g/mol. The molecule has 1 aliphatic rings. The van der Waals surface area contributed by atoms with E-state index in [2.05, 4.69) is 20.8 Å². The fourth-order valence-corrected chi connectivity index (χ4v) is 3.45. The Kier molecular flexibility index (Phi) is 5.60. The molecule has 1 fully saturated rings. The zero-order valence-electron chi connectivity index (χ0n) is 17.7. The van der Waals surface area contributed by atoms with Gasteiger partial charge in [0.1, 0.15) is 18.5 Å². The number of nitrogens with zero attached hydrogens (tertiary/aromatic N) is 1. The summed E-state index contributed by atoms with van der Waals surface area (Å²) in [6.07, 6.45) is 0.111. The molecule has 1 heterocycles. The van der Waals surface area contributed by atoms with Crippen molar-refractivity contribution in [3.05, 3.63) is 90.0 Å². The molecule has 3 aromatic rings. The molecule has 0 N–H and O–H groups in total. The minimum absolute atomic E-state index is 0.111. The number of amides is 1. The first kappa shape index (κ1) is 20.2. The highest BCUT2D eigenvalue weighted by Crippen LogP contribution is 2.37. The van der Waals surface area contributed by atoms with Gasteiger partial charge >= 0.3 is 0 Å². The van der Waals surface area contributed by atoms with Crippen LogP contribution < -0.4 is 9.64 Å². The van der Waals surface area contributed by atoms with Gasteiger partial charge in [0.05, 0.1) is 12.2 Å². The van der Waals surface area contributed by atoms with E-state index in [1.165, 1.54) is 0 Å². The molecule has 154 valence electrons. The molecule has 1 unspecified atom stereocenters. The molecule has 0 bridgehead atoms. The van der Waals surface area contributed by atoms with Gasteiger partial charge in [-0.15, -0.1) is 0 Å². The second-order valence-electron chi connectivity index (χ2n) is 8.51. The minimum Gasteiger partial charge on any atom is -0.490 e. The zero-order chi connectivity index (χ0) is 21.1. The average Bonchev–Trinajstić information content (AvgIpc) is 3.57. The predicted octanol–water partition coefficient (Wildman–Crippen LogP) is 5.74. The Morgan fingerprint density at radius 2 is 1.50 bits per heavy atom. The van der Waals surface area contributed by atoms with Gasteiger partial charge in [-0.05, 0) is 35.7 Å². The Bertz CT molecular complexity index is 966. The van der Waals surface area contributed by atoms with Crippen molar-refractivity contribution in [1.82, 2.24) is 0 Å². The lowest BCUT2D eigenvalue weighted by molar-refractivity contribution is 0.0994. The van der Waals surface area contributed by atoms with Crippen LogP contribution in [0.1, 0.15) is 36.7 Å². The van der Waals surface area contributed by atoms with E-state index in [1.807, 2.05) is 78.9 Å². The highest BCUT2D eigenvalue weighted by molar-refractivity contribution is 6.12. The van der Waals surface area contributed by atoms with Gasteiger partial charge in [-0.25, -0.2) is 0 Å². The Labute approximate surface area is 178 Å². The molecule has 4 nitrogen and oxygen atoms in total. The minimum atomic E-state index is -0.166. The van der Waals surface area contributed by atoms with Gasteiger partial charge in [-0.1, -0.05) is 69.3 Å². The van der Waals surface area contributed by atoms with E-state index < -0.39 is 0 Å². The standard InChI is InChI=1S/C26H27NO3/c1-26(2,3)23-16-10-15-22(24(23)30-18-21-17-29-21)25(28)27(19-11-6-4-7-12-19)20-13-8-5-9-14-20/h4-16,21H,17-18H2,1-3H3. The Morgan fingerprint density at radius 1 is 0.933 bits per heavy atom. The lowest BCUT2D eigenvalue weighted by Gasteiger charge is -2.27. The maximum atomic E-state index is 13.9. The smallest absolute Gasteiger partial charge is 0.266 e. The summed E-state index contributed by atoms with van der Waals surface area (Å²) in [5.41, 5.74) is 3.02. The van der Waals surface area contributed by atoms with Gasteiger partial charge in [0.2, 0.25) is 0 Å². The van der Waals surface area contributed by atoms with Gasteiger partial charge in [-0.3, -0.25) is 9.69 Å². The van der Waals surface area contributed by atoms with Crippen molar-refractivity contribution < 1.29 is 14.3 Å². The van der Waals surface area contributed by atoms with Crippen molar-refractivity contribution in [1.29, 1.82) is 0 Å². The first-order valence-corrected chi connectivity index (χ1v) is 10.3. The number of epoxide rings is 1. The Morgan fingerprint density at radius 3 is 2.00 bits per heavy atom. The molecular weight excluding hydrogens is 374 g/mol. The van der Waals surface area contributed by atoms with Crippen molar-refractivity contribution in [3.8, 4) is 5.75 Å². The van der Waals surface area contributed by atoms with Crippen LogP contribution in [-0.2, 0) is 10.2 Å². The van der Waals surface area contributed by atoms with Gasteiger partial charge in [0.25, 0.3) is 5.91 Å². The van der Waals surface area contributed by atoms with Gasteiger partial charge in [0, 0.05) is 16.9 Å². The summed E-state index contributed by atoms with van der Waals surface area (Å²) in [6.45, 7) is 7.54. The second kappa shape index (κ2) is 8.33. The first-order chi connectivity index (χ1) is 14.4. The molecule has 0 radical (unpaired) electrons. The second-order valence-corrected chi connectivity index (χ2v) is 8.51. The summed E-state index contributed by atoms with van der Waals surface area (Å²) >= 11 is 0. The van der Waals surface area contributed by atoms with Crippen molar-refractivity contribution in [3.63, 3.8) is 0 Å². The molecule has 3 aromatic carbocycles. The number of carbonyl (C=O) groups excluding carboxylic acids is 1. The Balaban J connectivity index is 1.81. The highest BCUT2D eigenvalue weighted by atomic mass is 16.6. The topological polar surface area (TPSA) is 42.1 Å². The number of anilines is 2. The molecule has 0 spiro atoms. The molecule has 1 aliphatic heterocycles. The van der Waals surface area contributed by atoms with Crippen LogP contribution in [0.15, 0.2) is 78.9 Å². The van der Waals surface area contributed by atoms with Gasteiger partial charge < -0.3 is 9.47 Å². The molecule has 1 saturated heterocycles. The van der Waals surface area contributed by atoms with Gasteiger partial charge in [0.15, 0.2) is 0 Å². The molecule has 1 amide bonds. The third-order valence-electron chi connectivity index (χ3n) is 5.10. The van der Waals surface area contributed by atoms with Crippen LogP contribution in [0.4, 0.5) is 11.4 Å². The van der Waals surface area contributed by atoms with Crippen molar-refractivity contribution in [2.45, 2.75) is 32.3 Å². The zero-order valence-corrected chi connectivity index (χ0v) is 17.7. The summed E-state index contributed by atoms with van der Waals surface area (Å²) in [7, 11) is 0. The molecular formula is C26H27NO3. The van der Waals surface area contributed by atoms with E-state index in [1.54, 1.807) is 4.90 Å². The van der Waals surface area contributed by atoms with Crippen molar-refractivity contribution in [2.24, 2.45) is 0 Å². The number of para-hydroxylation sites is 3. The van der Waals surface area contributed by atoms with E-state index in [0.29, 0.717) is 24.5 Å². The van der Waals surface area contributed by atoms with Crippen LogP contribution in [-0.4, -0.2) is 25.2 Å². The summed E-state index contributed by atoms with van der Waals surface area (Å²) in [5, 5.41) is 0. The lowest BCUT2D eigenvalue weighted by atomic mass is 9.85.